The molecule has 0 aromatic heterocycles. The maximum absolute atomic E-state index is 12.9. The predicted octanol–water partition coefficient (Wildman–Crippen LogP) is 4.43. The van der Waals surface area contributed by atoms with Crippen LogP contribution in [0.4, 0.5) is 36.8 Å². The van der Waals surface area contributed by atoms with Crippen molar-refractivity contribution in [1.82, 2.24) is 5.32 Å². The molecule has 23 heavy (non-hydrogen) atoms. The van der Waals surface area contributed by atoms with Crippen LogP contribution in [-0.2, 0) is 4.74 Å². The Balaban J connectivity index is 3.05. The first kappa shape index (κ1) is 19.6. The Labute approximate surface area is 135 Å². The van der Waals surface area contributed by atoms with E-state index in [0.717, 1.165) is 12.2 Å². The second-order valence-corrected chi connectivity index (χ2v) is 5.11. The molecule has 0 heterocycles. The summed E-state index contributed by atoms with van der Waals surface area (Å²) in [5.41, 5.74) is -4.80. The highest BCUT2D eigenvalue weighted by Crippen LogP contribution is 2.44. The molecule has 0 unspecified atom stereocenters. The minimum Gasteiger partial charge on any atom is -0.341 e. The zero-order valence-corrected chi connectivity index (χ0v) is 13.1. The molecular weight excluding hydrogens is 398 g/mol. The van der Waals surface area contributed by atoms with E-state index in [9.17, 15) is 31.1 Å². The van der Waals surface area contributed by atoms with E-state index in [1.807, 2.05) is 5.32 Å². The second-order valence-electron chi connectivity index (χ2n) is 4.20. The maximum Gasteiger partial charge on any atom is 0.446 e. The van der Waals surface area contributed by atoms with Gasteiger partial charge in [-0.05, 0) is 31.2 Å². The normalized spacial score (nSPS) is 12.9. The minimum atomic E-state index is -5.90. The molecule has 2 N–H and O–H groups in total. The van der Waals surface area contributed by atoms with Gasteiger partial charge in [-0.2, -0.15) is 26.3 Å². The second kappa shape index (κ2) is 6.95. The van der Waals surface area contributed by atoms with Crippen molar-refractivity contribution in [1.29, 1.82) is 0 Å². The van der Waals surface area contributed by atoms with Gasteiger partial charge in [0.05, 0.1) is 0 Å². The van der Waals surface area contributed by atoms with Crippen LogP contribution >= 0.6 is 15.9 Å². The largest absolute Gasteiger partial charge is 0.446 e. The molecule has 0 fully saturated rings. The van der Waals surface area contributed by atoms with Crippen LogP contribution in [0.5, 0.6) is 0 Å². The summed E-state index contributed by atoms with van der Waals surface area (Å²) in [5, 5.41) is 2.72. The Bertz CT molecular complexity index is 530. The third-order valence-corrected chi connectivity index (χ3v) is 3.08. The summed E-state index contributed by atoms with van der Waals surface area (Å²) >= 11 is 3.09. The summed E-state index contributed by atoms with van der Waals surface area (Å²) in [6, 6.07) is 3.74. The lowest BCUT2D eigenvalue weighted by molar-refractivity contribution is -0.387. The Hall–Kier alpha value is -1.49. The number of amides is 2. The summed E-state index contributed by atoms with van der Waals surface area (Å²) in [6.07, 6.45) is -11.8. The fourth-order valence-electron chi connectivity index (χ4n) is 1.57. The third kappa shape index (κ3) is 4.50. The SMILES string of the molecule is CCOC(NC(=O)Nc1ccc(Br)cc1)(C(F)(F)F)C(F)(F)F. The molecule has 1 aromatic carbocycles. The lowest BCUT2D eigenvalue weighted by Gasteiger charge is -2.36. The van der Waals surface area contributed by atoms with Crippen molar-refractivity contribution in [3.63, 3.8) is 0 Å². The molecule has 130 valence electrons. The van der Waals surface area contributed by atoms with Crippen LogP contribution in [0.2, 0.25) is 0 Å². The number of anilines is 1. The zero-order valence-electron chi connectivity index (χ0n) is 11.5. The van der Waals surface area contributed by atoms with Crippen LogP contribution in [0.1, 0.15) is 6.92 Å². The number of carbonyl (C=O) groups excluding carboxylic acids is 1. The fourth-order valence-corrected chi connectivity index (χ4v) is 1.84. The molecular formula is C12H11BrF6N2O2. The van der Waals surface area contributed by atoms with Crippen molar-refractivity contribution in [3.8, 4) is 0 Å². The van der Waals surface area contributed by atoms with E-state index in [2.05, 4.69) is 20.7 Å². The van der Waals surface area contributed by atoms with Gasteiger partial charge in [0.1, 0.15) is 0 Å². The summed E-state index contributed by atoms with van der Waals surface area (Å²) in [4.78, 5) is 11.6. The quantitative estimate of drug-likeness (QED) is 0.571. The van der Waals surface area contributed by atoms with E-state index in [-0.39, 0.29) is 5.69 Å². The van der Waals surface area contributed by atoms with Gasteiger partial charge in [-0.1, -0.05) is 15.9 Å². The summed E-state index contributed by atoms with van der Waals surface area (Å²) in [6.45, 7) is 0.0259. The van der Waals surface area contributed by atoms with Gasteiger partial charge >= 0.3 is 24.1 Å². The highest BCUT2D eigenvalue weighted by Gasteiger charge is 2.73. The molecule has 11 heteroatoms. The lowest BCUT2D eigenvalue weighted by Crippen LogP contribution is -2.69. The van der Waals surface area contributed by atoms with Crippen LogP contribution in [0.3, 0.4) is 0 Å². The number of halogens is 7. The molecule has 2 amide bonds. The molecule has 1 rings (SSSR count). The average Bonchev–Trinajstić information content (AvgIpc) is 2.38. The van der Waals surface area contributed by atoms with Crippen molar-refractivity contribution >= 4 is 27.6 Å². The average molecular weight is 409 g/mol. The van der Waals surface area contributed by atoms with Gasteiger partial charge in [-0.25, -0.2) is 4.79 Å². The third-order valence-electron chi connectivity index (χ3n) is 2.55. The molecule has 0 aliphatic heterocycles. The topological polar surface area (TPSA) is 50.4 Å². The van der Waals surface area contributed by atoms with Crippen LogP contribution in [0, 0.1) is 0 Å². The Morgan fingerprint density at radius 3 is 1.96 bits per heavy atom. The van der Waals surface area contributed by atoms with E-state index < -0.39 is 30.7 Å². The van der Waals surface area contributed by atoms with Crippen molar-refractivity contribution in [2.24, 2.45) is 0 Å². The molecule has 0 aliphatic rings. The van der Waals surface area contributed by atoms with Crippen molar-refractivity contribution in [2.75, 3.05) is 11.9 Å². The number of alkyl halides is 6. The molecule has 4 nitrogen and oxygen atoms in total. The first-order chi connectivity index (χ1) is 10.4. The summed E-state index contributed by atoms with van der Waals surface area (Å²) in [7, 11) is 0. The van der Waals surface area contributed by atoms with Gasteiger partial charge in [0.15, 0.2) is 0 Å². The Morgan fingerprint density at radius 1 is 1.09 bits per heavy atom. The molecule has 0 radical (unpaired) electrons. The Morgan fingerprint density at radius 2 is 1.57 bits per heavy atom. The van der Waals surface area contributed by atoms with Crippen LogP contribution < -0.4 is 10.6 Å². The summed E-state index contributed by atoms with van der Waals surface area (Å²) < 4.78 is 82.0. The van der Waals surface area contributed by atoms with Crippen LogP contribution in [0.25, 0.3) is 0 Å². The number of benzene rings is 1. The van der Waals surface area contributed by atoms with Gasteiger partial charge in [0.2, 0.25) is 0 Å². The van der Waals surface area contributed by atoms with E-state index in [0.29, 0.717) is 4.47 Å². The van der Waals surface area contributed by atoms with E-state index in [4.69, 9.17) is 0 Å². The van der Waals surface area contributed by atoms with Crippen molar-refractivity contribution < 1.29 is 35.9 Å². The van der Waals surface area contributed by atoms with Gasteiger partial charge in [-0.3, -0.25) is 5.32 Å². The molecule has 0 saturated heterocycles. The number of urea groups is 1. The number of ether oxygens (including phenoxy) is 1. The number of rotatable bonds is 4. The van der Waals surface area contributed by atoms with E-state index >= 15 is 0 Å². The fraction of sp³-hybridized carbons (Fsp3) is 0.417. The monoisotopic (exact) mass is 408 g/mol. The number of hydrogen-bond acceptors (Lipinski definition) is 2. The first-order valence-electron chi connectivity index (χ1n) is 6.05. The Kier molecular flexibility index (Phi) is 5.91. The zero-order chi connectivity index (χ0) is 17.9. The molecule has 0 spiro atoms. The van der Waals surface area contributed by atoms with Crippen molar-refractivity contribution in [2.45, 2.75) is 25.0 Å². The molecule has 0 atom stereocenters. The number of nitrogens with one attached hydrogen (secondary N) is 2. The maximum atomic E-state index is 12.9. The highest BCUT2D eigenvalue weighted by molar-refractivity contribution is 9.10. The van der Waals surface area contributed by atoms with Gasteiger partial charge in [-0.15, -0.1) is 0 Å². The van der Waals surface area contributed by atoms with Gasteiger partial charge in [0.25, 0.3) is 0 Å². The number of hydrogen-bond donors (Lipinski definition) is 2. The minimum absolute atomic E-state index is 0.000414. The van der Waals surface area contributed by atoms with E-state index in [1.165, 1.54) is 24.3 Å². The molecule has 0 aliphatic carbocycles. The first-order valence-corrected chi connectivity index (χ1v) is 6.84. The molecule has 1 aromatic rings. The molecule has 0 saturated carbocycles. The number of carbonyl (C=O) groups is 1. The predicted molar refractivity (Wildman–Crippen MR) is 72.8 cm³/mol. The van der Waals surface area contributed by atoms with Crippen molar-refractivity contribution in [3.05, 3.63) is 28.7 Å². The lowest BCUT2D eigenvalue weighted by atomic mass is 10.2. The van der Waals surface area contributed by atoms with Crippen LogP contribution in [0.15, 0.2) is 28.7 Å². The van der Waals surface area contributed by atoms with E-state index in [1.54, 1.807) is 0 Å². The summed E-state index contributed by atoms with van der Waals surface area (Å²) in [5.74, 6) is 0. The van der Waals surface area contributed by atoms with Crippen LogP contribution in [-0.4, -0.2) is 30.7 Å². The highest BCUT2D eigenvalue weighted by atomic mass is 79.9. The molecule has 0 bridgehead atoms. The van der Waals surface area contributed by atoms with Gasteiger partial charge < -0.3 is 10.1 Å². The van der Waals surface area contributed by atoms with Gasteiger partial charge in [0, 0.05) is 16.8 Å². The standard InChI is InChI=1S/C12H11BrF6N2O2/c1-2-23-10(11(14,15)16,12(17,18)19)21-9(22)20-8-5-3-7(13)4-6-8/h3-6H,2H2,1H3,(H2,20,21,22). The smallest absolute Gasteiger partial charge is 0.341 e.